The third-order valence-corrected chi connectivity index (χ3v) is 3.20. The van der Waals surface area contributed by atoms with Crippen LogP contribution < -0.4 is 5.32 Å². The molecule has 2 aromatic carbocycles. The summed E-state index contributed by atoms with van der Waals surface area (Å²) in [5.41, 5.74) is 1.62. The number of hydrogen-bond donors (Lipinski definition) is 2. The number of halogens is 2. The van der Waals surface area contributed by atoms with Crippen molar-refractivity contribution in [2.24, 2.45) is 0 Å². The minimum atomic E-state index is -0.411. The number of carbonyl (C=O) groups excluding carboxylic acids is 1. The number of hydrogen-bond acceptors (Lipinski definition) is 2. The van der Waals surface area contributed by atoms with E-state index in [1.54, 1.807) is 24.3 Å². The third kappa shape index (κ3) is 3.39. The number of rotatable bonds is 3. The molecule has 1 amide bonds. The molecule has 0 aromatic heterocycles. The molecule has 0 spiro atoms. The molecule has 0 saturated heterocycles. The molecule has 0 bridgehead atoms. The van der Waals surface area contributed by atoms with Crippen molar-refractivity contribution in [2.75, 3.05) is 5.32 Å². The molecule has 2 aromatic rings. The number of anilines is 1. The Morgan fingerprint density at radius 1 is 1.26 bits per heavy atom. The lowest BCUT2D eigenvalue weighted by atomic mass is 10.2. The Bertz CT molecular complexity index is 616. The van der Waals surface area contributed by atoms with Crippen molar-refractivity contribution in [3.05, 3.63) is 63.9 Å². The Morgan fingerprint density at radius 2 is 2.05 bits per heavy atom. The van der Waals surface area contributed by atoms with Crippen LogP contribution in [0, 0.1) is 5.82 Å². The van der Waals surface area contributed by atoms with Gasteiger partial charge in [-0.05, 0) is 51.8 Å². The Kier molecular flexibility index (Phi) is 4.29. The molecule has 2 rings (SSSR count). The largest absolute Gasteiger partial charge is 0.392 e. The molecule has 0 heterocycles. The number of aliphatic hydroxyl groups is 1. The average molecular weight is 324 g/mol. The van der Waals surface area contributed by atoms with Gasteiger partial charge < -0.3 is 10.4 Å². The minimum absolute atomic E-state index is 0.0933. The maximum atomic E-state index is 12.9. The second kappa shape index (κ2) is 5.95. The number of amides is 1. The van der Waals surface area contributed by atoms with E-state index in [4.69, 9.17) is 5.11 Å². The normalized spacial score (nSPS) is 10.3. The van der Waals surface area contributed by atoms with Gasteiger partial charge in [0.05, 0.1) is 12.2 Å². The number of nitrogens with one attached hydrogen (secondary N) is 1. The van der Waals surface area contributed by atoms with Crippen LogP contribution in [0.1, 0.15) is 15.9 Å². The Balaban J connectivity index is 2.20. The quantitative estimate of drug-likeness (QED) is 0.910. The van der Waals surface area contributed by atoms with E-state index < -0.39 is 5.82 Å². The first kappa shape index (κ1) is 13.7. The molecule has 0 unspecified atom stereocenters. The van der Waals surface area contributed by atoms with E-state index in [0.717, 1.165) is 0 Å². The van der Waals surface area contributed by atoms with Gasteiger partial charge in [0.25, 0.3) is 5.91 Å². The van der Waals surface area contributed by atoms with Crippen molar-refractivity contribution in [1.29, 1.82) is 0 Å². The summed E-state index contributed by atoms with van der Waals surface area (Å²) in [5.74, 6) is -0.757. The van der Waals surface area contributed by atoms with Crippen LogP contribution in [0.5, 0.6) is 0 Å². The van der Waals surface area contributed by atoms with Gasteiger partial charge in [0.2, 0.25) is 0 Å². The van der Waals surface area contributed by atoms with Crippen LogP contribution in [-0.2, 0) is 6.61 Å². The van der Waals surface area contributed by atoms with E-state index in [-0.39, 0.29) is 12.5 Å². The molecule has 0 aliphatic heterocycles. The van der Waals surface area contributed by atoms with Crippen molar-refractivity contribution in [2.45, 2.75) is 6.61 Å². The Hall–Kier alpha value is -1.72. The first-order valence-corrected chi connectivity index (χ1v) is 6.35. The zero-order chi connectivity index (χ0) is 13.8. The van der Waals surface area contributed by atoms with E-state index in [9.17, 15) is 9.18 Å². The summed E-state index contributed by atoms with van der Waals surface area (Å²) in [6.45, 7) is -0.0933. The summed E-state index contributed by atoms with van der Waals surface area (Å²) < 4.78 is 13.3. The molecule has 0 atom stereocenters. The van der Waals surface area contributed by atoms with E-state index >= 15 is 0 Å². The zero-order valence-electron chi connectivity index (χ0n) is 9.86. The van der Waals surface area contributed by atoms with Gasteiger partial charge in [-0.3, -0.25) is 4.79 Å². The fourth-order valence-corrected chi connectivity index (χ4v) is 2.15. The molecule has 2 N–H and O–H groups in total. The van der Waals surface area contributed by atoms with Gasteiger partial charge in [0.15, 0.2) is 0 Å². The van der Waals surface area contributed by atoms with Crippen molar-refractivity contribution in [3.63, 3.8) is 0 Å². The van der Waals surface area contributed by atoms with Crippen LogP contribution in [-0.4, -0.2) is 11.0 Å². The standard InChI is InChI=1S/C14H11BrFNO2/c15-13-7-10(16)4-5-12(13)14(19)17-11-3-1-2-9(6-11)8-18/h1-7,18H,8H2,(H,17,19). The highest BCUT2D eigenvalue weighted by atomic mass is 79.9. The second-order valence-corrected chi connectivity index (χ2v) is 4.79. The highest BCUT2D eigenvalue weighted by molar-refractivity contribution is 9.10. The van der Waals surface area contributed by atoms with Gasteiger partial charge in [0.1, 0.15) is 5.82 Å². The fourth-order valence-electron chi connectivity index (χ4n) is 1.62. The van der Waals surface area contributed by atoms with E-state index in [1.807, 2.05) is 0 Å². The SMILES string of the molecule is O=C(Nc1cccc(CO)c1)c1ccc(F)cc1Br. The number of benzene rings is 2. The molecule has 3 nitrogen and oxygen atoms in total. The summed E-state index contributed by atoms with van der Waals surface area (Å²) in [5, 5.41) is 11.7. The zero-order valence-corrected chi connectivity index (χ0v) is 11.4. The van der Waals surface area contributed by atoms with Crippen LogP contribution in [0.2, 0.25) is 0 Å². The third-order valence-electron chi connectivity index (χ3n) is 2.54. The predicted molar refractivity (Wildman–Crippen MR) is 74.4 cm³/mol. The monoisotopic (exact) mass is 323 g/mol. The molecule has 0 fully saturated rings. The van der Waals surface area contributed by atoms with E-state index in [0.29, 0.717) is 21.3 Å². The summed E-state index contributed by atoms with van der Waals surface area (Å²) in [6.07, 6.45) is 0. The molecule has 5 heteroatoms. The van der Waals surface area contributed by atoms with Crippen molar-refractivity contribution in [3.8, 4) is 0 Å². The Morgan fingerprint density at radius 3 is 2.74 bits per heavy atom. The van der Waals surface area contributed by atoms with Crippen LogP contribution >= 0.6 is 15.9 Å². The molecule has 0 saturated carbocycles. The van der Waals surface area contributed by atoms with Gasteiger partial charge in [0, 0.05) is 10.2 Å². The van der Waals surface area contributed by atoms with E-state index in [1.165, 1.54) is 18.2 Å². The van der Waals surface area contributed by atoms with Gasteiger partial charge in [-0.2, -0.15) is 0 Å². The first-order chi connectivity index (χ1) is 9.10. The lowest BCUT2D eigenvalue weighted by Gasteiger charge is -2.08. The number of aliphatic hydroxyl groups excluding tert-OH is 1. The highest BCUT2D eigenvalue weighted by Gasteiger charge is 2.11. The summed E-state index contributed by atoms with van der Waals surface area (Å²) >= 11 is 3.15. The molecular formula is C14H11BrFNO2. The minimum Gasteiger partial charge on any atom is -0.392 e. The molecule has 0 radical (unpaired) electrons. The lowest BCUT2D eigenvalue weighted by molar-refractivity contribution is 0.102. The molecule has 19 heavy (non-hydrogen) atoms. The smallest absolute Gasteiger partial charge is 0.256 e. The van der Waals surface area contributed by atoms with Gasteiger partial charge >= 0.3 is 0 Å². The fraction of sp³-hybridized carbons (Fsp3) is 0.0714. The van der Waals surface area contributed by atoms with Gasteiger partial charge in [-0.25, -0.2) is 4.39 Å². The maximum absolute atomic E-state index is 12.9. The highest BCUT2D eigenvalue weighted by Crippen LogP contribution is 2.20. The average Bonchev–Trinajstić information content (AvgIpc) is 2.38. The van der Waals surface area contributed by atoms with Crippen LogP contribution in [0.25, 0.3) is 0 Å². The topological polar surface area (TPSA) is 49.3 Å². The molecule has 0 aliphatic rings. The summed E-state index contributed by atoms with van der Waals surface area (Å²) in [6, 6.07) is 10.8. The van der Waals surface area contributed by atoms with Crippen LogP contribution in [0.4, 0.5) is 10.1 Å². The first-order valence-electron chi connectivity index (χ1n) is 5.56. The van der Waals surface area contributed by atoms with Crippen LogP contribution in [0.3, 0.4) is 0 Å². The van der Waals surface area contributed by atoms with Gasteiger partial charge in [-0.15, -0.1) is 0 Å². The molecular weight excluding hydrogens is 313 g/mol. The van der Waals surface area contributed by atoms with Gasteiger partial charge in [-0.1, -0.05) is 12.1 Å². The van der Waals surface area contributed by atoms with Crippen molar-refractivity contribution >= 4 is 27.5 Å². The van der Waals surface area contributed by atoms with Crippen LogP contribution in [0.15, 0.2) is 46.9 Å². The summed E-state index contributed by atoms with van der Waals surface area (Å²) in [7, 11) is 0. The van der Waals surface area contributed by atoms with Crippen molar-refractivity contribution < 1.29 is 14.3 Å². The predicted octanol–water partition coefficient (Wildman–Crippen LogP) is 3.33. The number of carbonyl (C=O) groups is 1. The lowest BCUT2D eigenvalue weighted by Crippen LogP contribution is -2.12. The maximum Gasteiger partial charge on any atom is 0.256 e. The second-order valence-electron chi connectivity index (χ2n) is 3.94. The summed E-state index contributed by atoms with van der Waals surface area (Å²) in [4.78, 5) is 12.0. The molecule has 0 aliphatic carbocycles. The van der Waals surface area contributed by atoms with Crippen molar-refractivity contribution in [1.82, 2.24) is 0 Å². The Labute approximate surface area is 118 Å². The molecule has 98 valence electrons. The van der Waals surface area contributed by atoms with E-state index in [2.05, 4.69) is 21.2 Å².